The number of carbonyl (C=O) groups excluding carboxylic acids is 1. The highest BCUT2D eigenvalue weighted by atomic mass is 16.5. The summed E-state index contributed by atoms with van der Waals surface area (Å²) in [7, 11) is 1.68. The molecule has 0 atom stereocenters. The SMILES string of the molecule is CCNc1ccc(C(=O)NCC(C)(C)CCOC)nc1. The highest BCUT2D eigenvalue weighted by Gasteiger charge is 2.19. The van der Waals surface area contributed by atoms with Crippen LogP contribution in [0.3, 0.4) is 0 Å². The molecule has 1 aromatic rings. The Labute approximate surface area is 121 Å². The summed E-state index contributed by atoms with van der Waals surface area (Å²) < 4.78 is 5.07. The largest absolute Gasteiger partial charge is 0.385 e. The average molecular weight is 279 g/mol. The zero-order chi connectivity index (χ0) is 15.0. The fourth-order valence-electron chi connectivity index (χ4n) is 1.71. The first-order valence-electron chi connectivity index (χ1n) is 6.95. The van der Waals surface area contributed by atoms with Gasteiger partial charge >= 0.3 is 0 Å². The molecule has 0 aromatic carbocycles. The molecule has 20 heavy (non-hydrogen) atoms. The molecular formula is C15H25N3O2. The van der Waals surface area contributed by atoms with E-state index >= 15 is 0 Å². The number of ether oxygens (including phenoxy) is 1. The topological polar surface area (TPSA) is 63.2 Å². The maximum atomic E-state index is 12.0. The molecular weight excluding hydrogens is 254 g/mol. The van der Waals surface area contributed by atoms with Crippen molar-refractivity contribution < 1.29 is 9.53 Å². The number of carbonyl (C=O) groups is 1. The fourth-order valence-corrected chi connectivity index (χ4v) is 1.71. The molecule has 5 heteroatoms. The smallest absolute Gasteiger partial charge is 0.269 e. The Kier molecular flexibility index (Phi) is 6.45. The zero-order valence-corrected chi connectivity index (χ0v) is 12.8. The average Bonchev–Trinajstić information content (AvgIpc) is 2.44. The van der Waals surface area contributed by atoms with Gasteiger partial charge in [0.05, 0.1) is 11.9 Å². The second-order valence-corrected chi connectivity index (χ2v) is 5.55. The van der Waals surface area contributed by atoms with E-state index in [4.69, 9.17) is 4.74 Å². The number of hydrogen-bond donors (Lipinski definition) is 2. The third-order valence-corrected chi connectivity index (χ3v) is 3.09. The first-order valence-corrected chi connectivity index (χ1v) is 6.95. The van der Waals surface area contributed by atoms with Gasteiger partial charge in [0, 0.05) is 26.8 Å². The normalized spacial score (nSPS) is 11.2. The van der Waals surface area contributed by atoms with Crippen molar-refractivity contribution in [1.82, 2.24) is 10.3 Å². The molecule has 0 aliphatic heterocycles. The van der Waals surface area contributed by atoms with Gasteiger partial charge in [-0.25, -0.2) is 4.98 Å². The Bertz CT molecular complexity index is 416. The Morgan fingerprint density at radius 1 is 1.40 bits per heavy atom. The Hall–Kier alpha value is -1.62. The molecule has 0 fully saturated rings. The molecule has 1 amide bonds. The summed E-state index contributed by atoms with van der Waals surface area (Å²) in [6.07, 6.45) is 2.57. The standard InChI is InChI=1S/C15H25N3O2/c1-5-16-12-6-7-13(17-10-12)14(19)18-11-15(2,3)8-9-20-4/h6-7,10,16H,5,8-9,11H2,1-4H3,(H,18,19). The first kappa shape index (κ1) is 16.4. The minimum absolute atomic E-state index is 0.00930. The number of nitrogens with one attached hydrogen (secondary N) is 2. The van der Waals surface area contributed by atoms with E-state index in [9.17, 15) is 4.79 Å². The van der Waals surface area contributed by atoms with Crippen molar-refractivity contribution in [2.75, 3.05) is 32.1 Å². The van der Waals surface area contributed by atoms with Gasteiger partial charge in [-0.3, -0.25) is 4.79 Å². The summed E-state index contributed by atoms with van der Waals surface area (Å²) in [4.78, 5) is 16.2. The lowest BCUT2D eigenvalue weighted by Crippen LogP contribution is -2.35. The number of amides is 1. The van der Waals surface area contributed by atoms with Crippen molar-refractivity contribution in [1.29, 1.82) is 0 Å². The summed E-state index contributed by atoms with van der Waals surface area (Å²) in [5.41, 5.74) is 1.37. The molecule has 1 rings (SSSR count). The van der Waals surface area contributed by atoms with E-state index in [0.29, 0.717) is 18.8 Å². The van der Waals surface area contributed by atoms with Crippen LogP contribution in [0.15, 0.2) is 18.3 Å². The van der Waals surface area contributed by atoms with Gasteiger partial charge in [-0.15, -0.1) is 0 Å². The Morgan fingerprint density at radius 3 is 2.70 bits per heavy atom. The van der Waals surface area contributed by atoms with Gasteiger partial charge in [0.15, 0.2) is 0 Å². The molecule has 0 unspecified atom stereocenters. The highest BCUT2D eigenvalue weighted by molar-refractivity contribution is 5.92. The first-order chi connectivity index (χ1) is 9.48. The van der Waals surface area contributed by atoms with Crippen LogP contribution in [0.4, 0.5) is 5.69 Å². The summed E-state index contributed by atoms with van der Waals surface area (Å²) in [6.45, 7) is 8.36. The van der Waals surface area contributed by atoms with E-state index in [0.717, 1.165) is 18.7 Å². The molecule has 0 saturated carbocycles. The van der Waals surface area contributed by atoms with Crippen molar-refractivity contribution in [3.05, 3.63) is 24.0 Å². The quantitative estimate of drug-likeness (QED) is 0.766. The molecule has 2 N–H and O–H groups in total. The maximum absolute atomic E-state index is 12.0. The molecule has 112 valence electrons. The number of rotatable bonds is 8. The summed E-state index contributed by atoms with van der Waals surface area (Å²) in [6, 6.07) is 3.59. The van der Waals surface area contributed by atoms with Crippen LogP contribution in [0.1, 0.15) is 37.7 Å². The number of nitrogens with zero attached hydrogens (tertiary/aromatic N) is 1. The second-order valence-electron chi connectivity index (χ2n) is 5.55. The van der Waals surface area contributed by atoms with Crippen LogP contribution >= 0.6 is 0 Å². The van der Waals surface area contributed by atoms with Gasteiger partial charge in [-0.1, -0.05) is 13.8 Å². The molecule has 1 heterocycles. The summed E-state index contributed by atoms with van der Waals surface area (Å²) in [5.74, 6) is -0.140. The number of hydrogen-bond acceptors (Lipinski definition) is 4. The Balaban J connectivity index is 2.49. The monoisotopic (exact) mass is 279 g/mol. The molecule has 0 bridgehead atoms. The number of methoxy groups -OCH3 is 1. The van der Waals surface area contributed by atoms with Gasteiger partial charge in [-0.05, 0) is 30.9 Å². The molecule has 0 aliphatic rings. The van der Waals surface area contributed by atoms with Crippen molar-refractivity contribution in [2.45, 2.75) is 27.2 Å². The van der Waals surface area contributed by atoms with Crippen LogP contribution in [-0.4, -0.2) is 37.7 Å². The highest BCUT2D eigenvalue weighted by Crippen LogP contribution is 2.18. The number of aromatic nitrogens is 1. The van der Waals surface area contributed by atoms with Gasteiger partial charge in [0.2, 0.25) is 0 Å². The van der Waals surface area contributed by atoms with Crippen LogP contribution in [0, 0.1) is 5.41 Å². The van der Waals surface area contributed by atoms with E-state index in [1.54, 1.807) is 19.4 Å². The van der Waals surface area contributed by atoms with Crippen molar-refractivity contribution >= 4 is 11.6 Å². The lowest BCUT2D eigenvalue weighted by atomic mass is 9.89. The Morgan fingerprint density at radius 2 is 2.15 bits per heavy atom. The lowest BCUT2D eigenvalue weighted by molar-refractivity contribution is 0.0916. The summed E-state index contributed by atoms with van der Waals surface area (Å²) >= 11 is 0. The van der Waals surface area contributed by atoms with Gasteiger partial charge in [0.25, 0.3) is 5.91 Å². The summed E-state index contributed by atoms with van der Waals surface area (Å²) in [5, 5.41) is 6.07. The third-order valence-electron chi connectivity index (χ3n) is 3.09. The second kappa shape index (κ2) is 7.85. The van der Waals surface area contributed by atoms with Gasteiger partial charge in [0.1, 0.15) is 5.69 Å². The molecule has 0 spiro atoms. The number of anilines is 1. The van der Waals surface area contributed by atoms with Crippen molar-refractivity contribution in [3.8, 4) is 0 Å². The molecule has 0 saturated heterocycles. The predicted molar refractivity (Wildman–Crippen MR) is 81.0 cm³/mol. The van der Waals surface area contributed by atoms with E-state index < -0.39 is 0 Å². The molecule has 1 aromatic heterocycles. The maximum Gasteiger partial charge on any atom is 0.269 e. The molecule has 5 nitrogen and oxygen atoms in total. The van der Waals surface area contributed by atoms with Crippen LogP contribution in [-0.2, 0) is 4.74 Å². The van der Waals surface area contributed by atoms with Crippen LogP contribution in [0.25, 0.3) is 0 Å². The zero-order valence-electron chi connectivity index (χ0n) is 12.8. The van der Waals surface area contributed by atoms with Crippen LogP contribution in [0.2, 0.25) is 0 Å². The van der Waals surface area contributed by atoms with E-state index in [-0.39, 0.29) is 11.3 Å². The van der Waals surface area contributed by atoms with Crippen molar-refractivity contribution in [2.24, 2.45) is 5.41 Å². The minimum Gasteiger partial charge on any atom is -0.385 e. The lowest BCUT2D eigenvalue weighted by Gasteiger charge is -2.24. The van der Waals surface area contributed by atoms with E-state index in [1.807, 2.05) is 13.0 Å². The van der Waals surface area contributed by atoms with E-state index in [2.05, 4.69) is 29.5 Å². The minimum atomic E-state index is -0.140. The molecule has 0 radical (unpaired) electrons. The van der Waals surface area contributed by atoms with Crippen LogP contribution in [0.5, 0.6) is 0 Å². The number of pyridine rings is 1. The predicted octanol–water partition coefficient (Wildman–Crippen LogP) is 2.31. The molecule has 0 aliphatic carbocycles. The third kappa shape index (κ3) is 5.57. The van der Waals surface area contributed by atoms with Crippen molar-refractivity contribution in [3.63, 3.8) is 0 Å². The fraction of sp³-hybridized carbons (Fsp3) is 0.600. The van der Waals surface area contributed by atoms with Gasteiger partial charge in [-0.2, -0.15) is 0 Å². The van der Waals surface area contributed by atoms with Crippen LogP contribution < -0.4 is 10.6 Å². The van der Waals surface area contributed by atoms with Gasteiger partial charge < -0.3 is 15.4 Å². The van der Waals surface area contributed by atoms with E-state index in [1.165, 1.54) is 0 Å².